The topological polar surface area (TPSA) is 86.7 Å². The first kappa shape index (κ1) is 14.6. The number of carboxylic acids is 1. The van der Waals surface area contributed by atoms with Gasteiger partial charge >= 0.3 is 12.0 Å². The van der Waals surface area contributed by atoms with Crippen LogP contribution >= 0.6 is 0 Å². The Labute approximate surface area is 128 Å². The van der Waals surface area contributed by atoms with Gasteiger partial charge in [0.1, 0.15) is 5.54 Å². The Balaban J connectivity index is 1.85. The molecule has 2 aliphatic rings. The smallest absolute Gasteiger partial charge is 0.336 e. The monoisotopic (exact) mass is 302 g/mol. The second-order valence-corrected chi connectivity index (χ2v) is 5.93. The van der Waals surface area contributed by atoms with Crippen LogP contribution < -0.4 is 5.32 Å². The summed E-state index contributed by atoms with van der Waals surface area (Å²) in [5, 5.41) is 12.0. The summed E-state index contributed by atoms with van der Waals surface area (Å²) in [5.41, 5.74) is -0.188. The molecule has 1 saturated heterocycles. The van der Waals surface area contributed by atoms with E-state index in [1.54, 1.807) is 18.2 Å². The number of urea groups is 1. The highest BCUT2D eigenvalue weighted by Crippen LogP contribution is 2.34. The summed E-state index contributed by atoms with van der Waals surface area (Å²) in [5.74, 6) is -1.28. The molecule has 1 spiro atoms. The fourth-order valence-corrected chi connectivity index (χ4v) is 3.35. The van der Waals surface area contributed by atoms with Crippen molar-refractivity contribution < 1.29 is 19.5 Å². The van der Waals surface area contributed by atoms with Crippen LogP contribution in [0.5, 0.6) is 0 Å². The molecule has 1 aliphatic heterocycles. The van der Waals surface area contributed by atoms with Crippen molar-refractivity contribution >= 4 is 17.9 Å². The van der Waals surface area contributed by atoms with Crippen molar-refractivity contribution in [3.63, 3.8) is 0 Å². The van der Waals surface area contributed by atoms with E-state index in [0.29, 0.717) is 18.4 Å². The number of hydrogen-bond donors (Lipinski definition) is 2. The van der Waals surface area contributed by atoms with Gasteiger partial charge in [-0.05, 0) is 24.5 Å². The van der Waals surface area contributed by atoms with Gasteiger partial charge in [0.05, 0.1) is 12.1 Å². The molecule has 0 atom stereocenters. The Hall–Kier alpha value is -2.37. The lowest BCUT2D eigenvalue weighted by Crippen LogP contribution is -2.48. The summed E-state index contributed by atoms with van der Waals surface area (Å²) >= 11 is 0. The average Bonchev–Trinajstić information content (AvgIpc) is 2.73. The van der Waals surface area contributed by atoms with E-state index in [4.69, 9.17) is 0 Å². The molecule has 0 bridgehead atoms. The standard InChI is InChI=1S/C16H18N2O4/c19-13(20)12-7-3-2-6-11(12)10-18-14(21)16(17-15(18)22)8-4-1-5-9-16/h2-3,6-7H,1,4-5,8-10H2,(H,17,22)(H,19,20). The number of nitrogens with one attached hydrogen (secondary N) is 1. The number of imide groups is 1. The number of carbonyl (C=O) groups excluding carboxylic acids is 2. The van der Waals surface area contributed by atoms with Crippen molar-refractivity contribution in [2.24, 2.45) is 0 Å². The first-order chi connectivity index (χ1) is 10.5. The molecule has 0 unspecified atom stereocenters. The SMILES string of the molecule is O=C(O)c1ccccc1CN1C(=O)NC2(CCCCC2)C1=O. The zero-order valence-electron chi connectivity index (χ0n) is 12.2. The van der Waals surface area contributed by atoms with Crippen molar-refractivity contribution in [2.75, 3.05) is 0 Å². The molecule has 1 saturated carbocycles. The zero-order valence-corrected chi connectivity index (χ0v) is 12.2. The first-order valence-electron chi connectivity index (χ1n) is 7.49. The van der Waals surface area contributed by atoms with Gasteiger partial charge in [-0.2, -0.15) is 0 Å². The Morgan fingerprint density at radius 3 is 2.55 bits per heavy atom. The molecule has 2 N–H and O–H groups in total. The van der Waals surface area contributed by atoms with Crippen LogP contribution in [-0.4, -0.2) is 33.5 Å². The summed E-state index contributed by atoms with van der Waals surface area (Å²) in [7, 11) is 0. The fourth-order valence-electron chi connectivity index (χ4n) is 3.35. The first-order valence-corrected chi connectivity index (χ1v) is 7.49. The highest BCUT2D eigenvalue weighted by Gasteiger charge is 2.51. The average molecular weight is 302 g/mol. The van der Waals surface area contributed by atoms with Gasteiger partial charge in [-0.15, -0.1) is 0 Å². The number of benzene rings is 1. The molecular weight excluding hydrogens is 284 g/mol. The molecule has 6 heteroatoms. The Morgan fingerprint density at radius 2 is 1.86 bits per heavy atom. The molecule has 22 heavy (non-hydrogen) atoms. The van der Waals surface area contributed by atoms with Gasteiger partial charge in [-0.3, -0.25) is 9.69 Å². The molecule has 0 aromatic heterocycles. The zero-order chi connectivity index (χ0) is 15.7. The van der Waals surface area contributed by atoms with E-state index < -0.39 is 17.5 Å². The van der Waals surface area contributed by atoms with Crippen LogP contribution in [0.3, 0.4) is 0 Å². The Bertz CT molecular complexity index is 635. The number of rotatable bonds is 3. The van der Waals surface area contributed by atoms with E-state index in [1.807, 2.05) is 0 Å². The van der Waals surface area contributed by atoms with E-state index in [-0.39, 0.29) is 18.0 Å². The van der Waals surface area contributed by atoms with E-state index in [1.165, 1.54) is 6.07 Å². The van der Waals surface area contributed by atoms with Crippen LogP contribution in [-0.2, 0) is 11.3 Å². The Morgan fingerprint density at radius 1 is 1.18 bits per heavy atom. The maximum absolute atomic E-state index is 12.7. The second kappa shape index (κ2) is 5.44. The molecule has 3 amide bonds. The molecule has 1 aromatic carbocycles. The van der Waals surface area contributed by atoms with Crippen molar-refractivity contribution in [1.82, 2.24) is 10.2 Å². The van der Waals surface area contributed by atoms with Crippen molar-refractivity contribution in [3.8, 4) is 0 Å². The maximum atomic E-state index is 12.7. The molecule has 1 aromatic rings. The normalized spacial score (nSPS) is 20.3. The van der Waals surface area contributed by atoms with Gasteiger partial charge in [0.15, 0.2) is 0 Å². The summed E-state index contributed by atoms with van der Waals surface area (Å²) in [4.78, 5) is 37.3. The molecule has 6 nitrogen and oxygen atoms in total. The molecule has 2 fully saturated rings. The van der Waals surface area contributed by atoms with E-state index in [0.717, 1.165) is 24.2 Å². The second-order valence-electron chi connectivity index (χ2n) is 5.93. The number of aromatic carboxylic acids is 1. The largest absolute Gasteiger partial charge is 0.478 e. The van der Waals surface area contributed by atoms with Crippen LogP contribution in [0, 0.1) is 0 Å². The maximum Gasteiger partial charge on any atom is 0.336 e. The molecule has 1 heterocycles. The highest BCUT2D eigenvalue weighted by molar-refractivity contribution is 6.07. The van der Waals surface area contributed by atoms with Crippen molar-refractivity contribution in [1.29, 1.82) is 0 Å². The number of hydrogen-bond acceptors (Lipinski definition) is 3. The number of nitrogens with zero attached hydrogens (tertiary/aromatic N) is 1. The minimum Gasteiger partial charge on any atom is -0.478 e. The molecule has 0 radical (unpaired) electrons. The van der Waals surface area contributed by atoms with Gasteiger partial charge in [-0.1, -0.05) is 37.5 Å². The summed E-state index contributed by atoms with van der Waals surface area (Å²) in [6, 6.07) is 6.02. The van der Waals surface area contributed by atoms with E-state index in [2.05, 4.69) is 5.32 Å². The van der Waals surface area contributed by atoms with Crippen LogP contribution in [0.1, 0.15) is 48.0 Å². The van der Waals surface area contributed by atoms with E-state index >= 15 is 0 Å². The number of amides is 3. The van der Waals surface area contributed by atoms with Gasteiger partial charge in [0, 0.05) is 0 Å². The lowest BCUT2D eigenvalue weighted by Gasteiger charge is -2.30. The summed E-state index contributed by atoms with van der Waals surface area (Å²) in [6.07, 6.45) is 4.24. The third kappa shape index (κ3) is 2.34. The lowest BCUT2D eigenvalue weighted by molar-refractivity contribution is -0.132. The summed E-state index contributed by atoms with van der Waals surface area (Å²) in [6.45, 7) is -0.00507. The van der Waals surface area contributed by atoms with Crippen LogP contribution in [0.2, 0.25) is 0 Å². The van der Waals surface area contributed by atoms with Crippen LogP contribution in [0.4, 0.5) is 4.79 Å². The molecule has 3 rings (SSSR count). The summed E-state index contributed by atoms with van der Waals surface area (Å²) < 4.78 is 0. The third-order valence-corrected chi connectivity index (χ3v) is 4.53. The third-order valence-electron chi connectivity index (χ3n) is 4.53. The fraction of sp³-hybridized carbons (Fsp3) is 0.438. The van der Waals surface area contributed by atoms with Gasteiger partial charge in [0.25, 0.3) is 5.91 Å². The molecule has 116 valence electrons. The van der Waals surface area contributed by atoms with Crippen LogP contribution in [0.15, 0.2) is 24.3 Å². The number of carboxylic acid groups (broad SMARTS) is 1. The minimum atomic E-state index is -1.06. The number of carbonyl (C=O) groups is 3. The lowest BCUT2D eigenvalue weighted by atomic mass is 9.82. The van der Waals surface area contributed by atoms with Crippen molar-refractivity contribution in [3.05, 3.63) is 35.4 Å². The Kier molecular flexibility index (Phi) is 3.60. The van der Waals surface area contributed by atoms with Crippen LogP contribution in [0.25, 0.3) is 0 Å². The van der Waals surface area contributed by atoms with E-state index in [9.17, 15) is 19.5 Å². The van der Waals surface area contributed by atoms with Gasteiger partial charge in [-0.25, -0.2) is 9.59 Å². The van der Waals surface area contributed by atoms with Gasteiger partial charge in [0.2, 0.25) is 0 Å². The minimum absolute atomic E-state index is 0.00507. The predicted molar refractivity (Wildman–Crippen MR) is 78.3 cm³/mol. The predicted octanol–water partition coefficient (Wildman–Crippen LogP) is 2.14. The van der Waals surface area contributed by atoms with Gasteiger partial charge < -0.3 is 10.4 Å². The molecule has 1 aliphatic carbocycles. The molecular formula is C16H18N2O4. The quantitative estimate of drug-likeness (QED) is 0.837. The highest BCUT2D eigenvalue weighted by atomic mass is 16.4. The van der Waals surface area contributed by atoms with Crippen molar-refractivity contribution in [2.45, 2.75) is 44.2 Å².